The fraction of sp³-hybridized carbons (Fsp3) is 0.521. The molecule has 4 aliphatic heterocycles. The van der Waals surface area contributed by atoms with Gasteiger partial charge in [0.25, 0.3) is 5.91 Å². The average molecular weight is 847 g/mol. The second kappa shape index (κ2) is 18.2. The molecule has 324 valence electrons. The average Bonchev–Trinajstić information content (AvgIpc) is 3.89. The van der Waals surface area contributed by atoms with Crippen LogP contribution >= 0.6 is 0 Å². The highest BCUT2D eigenvalue weighted by atomic mass is 28.3. The van der Waals surface area contributed by atoms with Gasteiger partial charge in [0.2, 0.25) is 11.8 Å². The number of aryl methyl sites for hydroxylation is 1. The Morgan fingerprint density at radius 3 is 2.20 bits per heavy atom. The first kappa shape index (κ1) is 42.8. The van der Waals surface area contributed by atoms with E-state index in [0.29, 0.717) is 51.9 Å². The summed E-state index contributed by atoms with van der Waals surface area (Å²) in [6.45, 7) is 9.13. The quantitative estimate of drug-likeness (QED) is 0.148. The molecular formula is C48H62N6O6Si. The molecule has 3 amide bonds. The van der Waals surface area contributed by atoms with Crippen molar-refractivity contribution < 1.29 is 29.0 Å². The Balaban J connectivity index is 1.21. The van der Waals surface area contributed by atoms with E-state index < -0.39 is 13.7 Å². The molecule has 61 heavy (non-hydrogen) atoms. The van der Waals surface area contributed by atoms with E-state index in [4.69, 9.17) is 9.47 Å². The molecule has 4 atom stereocenters. The third-order valence-electron chi connectivity index (χ3n) is 13.9. The number of hydrogen-bond acceptors (Lipinski definition) is 8. The van der Waals surface area contributed by atoms with Crippen LogP contribution in [0.15, 0.2) is 72.9 Å². The number of nitrogens with zero attached hydrogens (tertiary/aromatic N) is 6. The number of hydrogen-bond donors (Lipinski definition) is 1. The van der Waals surface area contributed by atoms with Crippen molar-refractivity contribution in [2.45, 2.75) is 127 Å². The summed E-state index contributed by atoms with van der Waals surface area (Å²) >= 11 is 0. The van der Waals surface area contributed by atoms with Crippen molar-refractivity contribution in [1.29, 1.82) is 0 Å². The Kier molecular flexibility index (Phi) is 12.8. The number of amides is 3. The predicted molar refractivity (Wildman–Crippen MR) is 240 cm³/mol. The molecule has 3 saturated heterocycles. The topological polar surface area (TPSA) is 130 Å². The molecule has 4 aliphatic rings. The smallest absolute Gasteiger partial charge is 0.264 e. The Morgan fingerprint density at radius 1 is 0.852 bits per heavy atom. The second-order valence-corrected chi connectivity index (χ2v) is 22.8. The molecule has 1 N–H and O–H groups in total. The van der Waals surface area contributed by atoms with Gasteiger partial charge < -0.3 is 29.3 Å². The molecule has 3 fully saturated rings. The van der Waals surface area contributed by atoms with Crippen molar-refractivity contribution in [1.82, 2.24) is 15.0 Å². The highest BCUT2D eigenvalue weighted by Gasteiger charge is 2.66. The minimum atomic E-state index is -2.44. The Labute approximate surface area is 361 Å². The van der Waals surface area contributed by atoms with Gasteiger partial charge in [0.05, 0.1) is 39.2 Å². The van der Waals surface area contributed by atoms with E-state index in [1.807, 2.05) is 68.0 Å². The van der Waals surface area contributed by atoms with E-state index in [-0.39, 0.29) is 41.9 Å². The van der Waals surface area contributed by atoms with Gasteiger partial charge in [0.1, 0.15) is 5.75 Å². The second-order valence-electron chi connectivity index (χ2n) is 18.1. The number of aromatic nitrogens is 3. The molecule has 0 bridgehead atoms. The summed E-state index contributed by atoms with van der Waals surface area (Å²) in [5.41, 5.74) is 3.63. The first-order valence-electron chi connectivity index (χ1n) is 22.5. The normalized spacial score (nSPS) is 23.9. The molecule has 1 spiro atoms. The standard InChI is InChI=1S/C48H62N6O6Si/c1-34-46(61(3,4)40-21-19-39(59-2)20-22-40)43(24-28-51-33-36(25-29-55)49-50-51)60-48(34)41-31-38(53-27-12-8-6-10-17-45(53)57)18-23-42(41)54(47(48)58)32-35-14-13-15-37(30-35)52-26-11-7-5-9-16-44(52)56/h13-15,18-23,30-31,33-34,43,46,55H,5-12,16-17,24-29,32H2,1-4H3/t34-,43+,46-,48+/m0/s1. The molecule has 0 unspecified atom stereocenters. The first-order chi connectivity index (χ1) is 29.5. The zero-order valence-corrected chi connectivity index (χ0v) is 37.4. The minimum Gasteiger partial charge on any atom is -0.497 e. The molecule has 5 heterocycles. The lowest BCUT2D eigenvalue weighted by atomic mass is 9.82. The number of aliphatic hydroxyl groups is 1. The van der Waals surface area contributed by atoms with Gasteiger partial charge in [0.15, 0.2) is 5.60 Å². The Hall–Kier alpha value is -4.85. The van der Waals surface area contributed by atoms with Crippen molar-refractivity contribution in [3.8, 4) is 5.75 Å². The van der Waals surface area contributed by atoms with Crippen LogP contribution in [0.2, 0.25) is 18.6 Å². The van der Waals surface area contributed by atoms with Crippen LogP contribution in [0.4, 0.5) is 17.1 Å². The summed E-state index contributed by atoms with van der Waals surface area (Å²) in [6, 6.07) is 22.6. The largest absolute Gasteiger partial charge is 0.497 e. The molecule has 12 nitrogen and oxygen atoms in total. The zero-order chi connectivity index (χ0) is 42.7. The van der Waals surface area contributed by atoms with Crippen LogP contribution in [0.5, 0.6) is 5.75 Å². The Morgan fingerprint density at radius 2 is 1.52 bits per heavy atom. The van der Waals surface area contributed by atoms with Gasteiger partial charge in [-0.15, -0.1) is 5.10 Å². The van der Waals surface area contributed by atoms with Crippen LogP contribution in [0, 0.1) is 5.92 Å². The van der Waals surface area contributed by atoms with Crippen LogP contribution in [-0.2, 0) is 44.2 Å². The highest BCUT2D eigenvalue weighted by molar-refractivity contribution is 6.91. The van der Waals surface area contributed by atoms with Crippen molar-refractivity contribution in [2.75, 3.05) is 41.5 Å². The first-order valence-corrected chi connectivity index (χ1v) is 25.6. The predicted octanol–water partition coefficient (Wildman–Crippen LogP) is 7.27. The lowest BCUT2D eigenvalue weighted by Crippen LogP contribution is -2.51. The van der Waals surface area contributed by atoms with E-state index in [0.717, 1.165) is 91.0 Å². The van der Waals surface area contributed by atoms with Crippen LogP contribution in [0.3, 0.4) is 0 Å². The summed E-state index contributed by atoms with van der Waals surface area (Å²) in [7, 11) is -0.759. The van der Waals surface area contributed by atoms with Crippen molar-refractivity contribution in [2.24, 2.45) is 5.92 Å². The fourth-order valence-corrected chi connectivity index (χ4v) is 14.8. The molecule has 0 aliphatic carbocycles. The molecule has 13 heteroatoms. The Bertz CT molecular complexity index is 2210. The number of methoxy groups -OCH3 is 1. The van der Waals surface area contributed by atoms with Gasteiger partial charge in [-0.3, -0.25) is 19.1 Å². The minimum absolute atomic E-state index is 0.00209. The van der Waals surface area contributed by atoms with Crippen LogP contribution in [-0.4, -0.2) is 78.8 Å². The van der Waals surface area contributed by atoms with E-state index in [1.54, 1.807) is 7.11 Å². The zero-order valence-electron chi connectivity index (χ0n) is 36.4. The number of ether oxygens (including phenoxy) is 2. The molecule has 1 aromatic heterocycles. The number of rotatable bonds is 12. The lowest BCUT2D eigenvalue weighted by molar-refractivity contribution is -0.146. The third-order valence-corrected chi connectivity index (χ3v) is 18.3. The van der Waals surface area contributed by atoms with Gasteiger partial charge >= 0.3 is 0 Å². The van der Waals surface area contributed by atoms with E-state index in [1.165, 1.54) is 5.19 Å². The number of benzene rings is 3. The maximum Gasteiger partial charge on any atom is 0.264 e. The van der Waals surface area contributed by atoms with Gasteiger partial charge in [0, 0.05) is 74.6 Å². The van der Waals surface area contributed by atoms with Crippen molar-refractivity contribution in [3.63, 3.8) is 0 Å². The van der Waals surface area contributed by atoms with E-state index in [9.17, 15) is 14.7 Å². The number of aliphatic hydroxyl groups excluding tert-OH is 1. The van der Waals surface area contributed by atoms with E-state index >= 15 is 4.79 Å². The number of carbonyl (C=O) groups is 3. The number of anilines is 3. The number of carbonyl (C=O) groups excluding carboxylic acids is 3. The van der Waals surface area contributed by atoms with E-state index in [2.05, 4.69) is 54.6 Å². The van der Waals surface area contributed by atoms with Crippen LogP contribution in [0.1, 0.15) is 94.4 Å². The van der Waals surface area contributed by atoms with Gasteiger partial charge in [-0.2, -0.15) is 0 Å². The number of fused-ring (bicyclic) bond motifs is 2. The summed E-state index contributed by atoms with van der Waals surface area (Å²) in [5.74, 6) is 0.722. The van der Waals surface area contributed by atoms with Gasteiger partial charge in [-0.05, 0) is 85.7 Å². The maximum atomic E-state index is 15.8. The summed E-state index contributed by atoms with van der Waals surface area (Å²) in [4.78, 5) is 48.5. The highest BCUT2D eigenvalue weighted by Crippen LogP contribution is 2.60. The van der Waals surface area contributed by atoms with Crippen molar-refractivity contribution in [3.05, 3.63) is 89.7 Å². The summed E-state index contributed by atoms with van der Waals surface area (Å²) in [5, 5.41) is 19.4. The molecule has 0 radical (unpaired) electrons. The SMILES string of the molecule is COc1ccc([Si](C)(C)[C@@H]2[C@@H](CCn3cc(CCO)nn3)O[C@]3(C(=O)N(Cc4cccc(N5CCCCCCC5=O)c4)c4ccc(N5CCCCCCC5=O)cc43)[C@H]2C)cc1. The maximum absolute atomic E-state index is 15.8. The molecule has 8 rings (SSSR count). The molecular weight excluding hydrogens is 785 g/mol. The van der Waals surface area contributed by atoms with Crippen LogP contribution < -0.4 is 24.6 Å². The monoisotopic (exact) mass is 846 g/mol. The van der Waals surface area contributed by atoms with Crippen molar-refractivity contribution >= 4 is 48.0 Å². The summed E-state index contributed by atoms with van der Waals surface area (Å²) < 4.78 is 14.9. The van der Waals surface area contributed by atoms with Gasteiger partial charge in [-0.25, -0.2) is 0 Å². The van der Waals surface area contributed by atoms with Gasteiger partial charge in [-0.1, -0.05) is 80.4 Å². The molecule has 3 aromatic carbocycles. The lowest BCUT2D eigenvalue weighted by Gasteiger charge is -2.37. The molecule has 4 aromatic rings. The fourth-order valence-electron chi connectivity index (χ4n) is 10.7. The van der Waals surface area contributed by atoms with Crippen LogP contribution in [0.25, 0.3) is 0 Å². The summed E-state index contributed by atoms with van der Waals surface area (Å²) in [6.07, 6.45) is 11.6. The molecule has 0 saturated carbocycles. The third kappa shape index (κ3) is 8.40.